The number of hydrogen-bond donors (Lipinski definition) is 1. The van der Waals surface area contributed by atoms with Crippen molar-refractivity contribution in [2.24, 2.45) is 0 Å². The van der Waals surface area contributed by atoms with Crippen LogP contribution in [0.2, 0.25) is 0 Å². The molecule has 1 N–H and O–H groups in total. The lowest BCUT2D eigenvalue weighted by atomic mass is 10.1. The first-order chi connectivity index (χ1) is 10.8. The third kappa shape index (κ3) is 2.79. The van der Waals surface area contributed by atoms with Crippen LogP contribution < -0.4 is 5.32 Å². The van der Waals surface area contributed by atoms with Gasteiger partial charge in [-0.2, -0.15) is 5.26 Å². The Balaban J connectivity index is 1.82. The molecule has 0 aliphatic heterocycles. The van der Waals surface area contributed by atoms with Gasteiger partial charge in [-0.1, -0.05) is 24.3 Å². The van der Waals surface area contributed by atoms with Crippen molar-refractivity contribution < 1.29 is 0 Å². The molecule has 3 aromatic rings. The van der Waals surface area contributed by atoms with Gasteiger partial charge in [0.2, 0.25) is 0 Å². The first-order valence-corrected chi connectivity index (χ1v) is 6.84. The van der Waals surface area contributed by atoms with Gasteiger partial charge < -0.3 is 5.32 Å². The number of rotatable bonds is 4. The highest BCUT2D eigenvalue weighted by molar-refractivity contribution is 5.55. The van der Waals surface area contributed by atoms with Gasteiger partial charge in [0.25, 0.3) is 0 Å². The van der Waals surface area contributed by atoms with E-state index in [0.717, 1.165) is 22.5 Å². The minimum atomic E-state index is 0.585. The van der Waals surface area contributed by atoms with Crippen molar-refractivity contribution in [2.75, 3.05) is 5.32 Å². The van der Waals surface area contributed by atoms with E-state index in [1.165, 1.54) is 0 Å². The molecule has 0 saturated carbocycles. The number of nitrogens with zero attached hydrogens (tertiary/aromatic N) is 5. The predicted octanol–water partition coefficient (Wildman–Crippen LogP) is 2.45. The Morgan fingerprint density at radius 2 is 2.09 bits per heavy atom. The molecule has 0 fully saturated rings. The van der Waals surface area contributed by atoms with Crippen LogP contribution in [0.25, 0.3) is 5.69 Å². The summed E-state index contributed by atoms with van der Waals surface area (Å²) in [6, 6.07) is 15.8. The van der Waals surface area contributed by atoms with Gasteiger partial charge >= 0.3 is 0 Å². The maximum atomic E-state index is 9.12. The topological polar surface area (TPSA) is 79.4 Å². The third-order valence-electron chi connectivity index (χ3n) is 3.43. The Bertz CT molecular complexity index is 817. The molecule has 0 amide bonds. The minimum absolute atomic E-state index is 0.585. The number of tetrazole rings is 1. The molecule has 108 valence electrons. The van der Waals surface area contributed by atoms with Crippen LogP contribution in [0, 0.1) is 18.3 Å². The van der Waals surface area contributed by atoms with E-state index >= 15 is 0 Å². The Hall–Kier alpha value is -3.20. The molecule has 0 spiro atoms. The summed E-state index contributed by atoms with van der Waals surface area (Å²) in [5.41, 5.74) is 4.60. The molecule has 3 rings (SSSR count). The fraction of sp³-hybridized carbons (Fsp3) is 0.125. The molecule has 2 aromatic carbocycles. The Labute approximate surface area is 128 Å². The molecule has 1 heterocycles. The fourth-order valence-corrected chi connectivity index (χ4v) is 2.22. The molecule has 6 heteroatoms. The second-order valence-corrected chi connectivity index (χ2v) is 4.88. The number of hydrogen-bond acceptors (Lipinski definition) is 5. The van der Waals surface area contributed by atoms with Crippen molar-refractivity contribution in [2.45, 2.75) is 13.5 Å². The van der Waals surface area contributed by atoms with E-state index in [0.29, 0.717) is 12.1 Å². The summed E-state index contributed by atoms with van der Waals surface area (Å²) in [7, 11) is 0. The summed E-state index contributed by atoms with van der Waals surface area (Å²) < 4.78 is 1.63. The van der Waals surface area contributed by atoms with E-state index in [4.69, 9.17) is 5.26 Å². The van der Waals surface area contributed by atoms with Gasteiger partial charge in [-0.05, 0) is 46.7 Å². The number of anilines is 1. The lowest BCUT2D eigenvalue weighted by Crippen LogP contribution is -2.04. The predicted molar refractivity (Wildman–Crippen MR) is 82.4 cm³/mol. The highest BCUT2D eigenvalue weighted by Crippen LogP contribution is 2.19. The van der Waals surface area contributed by atoms with E-state index in [2.05, 4.69) is 26.9 Å². The zero-order chi connectivity index (χ0) is 15.4. The number of aryl methyl sites for hydroxylation is 1. The lowest BCUT2D eigenvalue weighted by Gasteiger charge is -2.11. The third-order valence-corrected chi connectivity index (χ3v) is 3.43. The van der Waals surface area contributed by atoms with Crippen molar-refractivity contribution in [1.29, 1.82) is 5.26 Å². The van der Waals surface area contributed by atoms with Gasteiger partial charge in [-0.25, -0.2) is 4.68 Å². The normalized spacial score (nSPS) is 10.2. The van der Waals surface area contributed by atoms with Crippen LogP contribution in [0.1, 0.15) is 16.7 Å². The smallest absolute Gasteiger partial charge is 0.143 e. The standard InChI is InChI=1S/C16H14N6/c1-12-6-7-15(8-16(12)22-11-19-20-21-22)18-10-14-5-3-2-4-13(14)9-17/h2-8,11,18H,10H2,1H3. The second kappa shape index (κ2) is 6.06. The van der Waals surface area contributed by atoms with E-state index in [1.54, 1.807) is 11.0 Å². The van der Waals surface area contributed by atoms with Crippen LogP contribution in [0.5, 0.6) is 0 Å². The zero-order valence-corrected chi connectivity index (χ0v) is 12.1. The summed E-state index contributed by atoms with van der Waals surface area (Å²) in [6.45, 7) is 2.59. The number of nitriles is 1. The van der Waals surface area contributed by atoms with E-state index in [1.807, 2.05) is 49.4 Å². The molecule has 0 unspecified atom stereocenters. The average Bonchev–Trinajstić information content (AvgIpc) is 3.08. The van der Waals surface area contributed by atoms with Gasteiger partial charge in [-0.15, -0.1) is 5.10 Å². The number of benzene rings is 2. The molecule has 0 bridgehead atoms. The van der Waals surface area contributed by atoms with Crippen molar-refractivity contribution in [3.63, 3.8) is 0 Å². The second-order valence-electron chi connectivity index (χ2n) is 4.88. The maximum Gasteiger partial charge on any atom is 0.143 e. The molecule has 0 atom stereocenters. The fourth-order valence-electron chi connectivity index (χ4n) is 2.22. The molecular weight excluding hydrogens is 276 g/mol. The summed E-state index contributed by atoms with van der Waals surface area (Å²) in [4.78, 5) is 0. The van der Waals surface area contributed by atoms with Crippen molar-refractivity contribution in [3.05, 3.63) is 65.5 Å². The lowest BCUT2D eigenvalue weighted by molar-refractivity contribution is 0.785. The molecule has 1 aromatic heterocycles. The van der Waals surface area contributed by atoms with Gasteiger partial charge in [0, 0.05) is 12.2 Å². The number of aromatic nitrogens is 4. The molecule has 0 aliphatic rings. The van der Waals surface area contributed by atoms with E-state index in [-0.39, 0.29) is 0 Å². The summed E-state index contributed by atoms with van der Waals surface area (Å²) in [5, 5.41) is 23.7. The van der Waals surface area contributed by atoms with Crippen LogP contribution >= 0.6 is 0 Å². The molecule has 0 aliphatic carbocycles. The number of nitrogens with one attached hydrogen (secondary N) is 1. The highest BCUT2D eigenvalue weighted by Gasteiger charge is 2.05. The van der Waals surface area contributed by atoms with Crippen molar-refractivity contribution >= 4 is 5.69 Å². The summed E-state index contributed by atoms with van der Waals surface area (Å²) in [5.74, 6) is 0. The van der Waals surface area contributed by atoms with Crippen LogP contribution in [-0.2, 0) is 6.54 Å². The van der Waals surface area contributed by atoms with Gasteiger partial charge in [-0.3, -0.25) is 0 Å². The van der Waals surface area contributed by atoms with E-state index in [9.17, 15) is 0 Å². The van der Waals surface area contributed by atoms with Crippen LogP contribution in [-0.4, -0.2) is 20.2 Å². The molecule has 22 heavy (non-hydrogen) atoms. The Morgan fingerprint density at radius 3 is 2.86 bits per heavy atom. The first kappa shape index (κ1) is 13.8. The largest absolute Gasteiger partial charge is 0.381 e. The zero-order valence-electron chi connectivity index (χ0n) is 12.1. The van der Waals surface area contributed by atoms with Gasteiger partial charge in [0.1, 0.15) is 6.33 Å². The van der Waals surface area contributed by atoms with Crippen molar-refractivity contribution in [1.82, 2.24) is 20.2 Å². The van der Waals surface area contributed by atoms with Crippen LogP contribution in [0.4, 0.5) is 5.69 Å². The SMILES string of the molecule is Cc1ccc(NCc2ccccc2C#N)cc1-n1cnnn1. The molecule has 6 nitrogen and oxygen atoms in total. The van der Waals surface area contributed by atoms with Crippen LogP contribution in [0.15, 0.2) is 48.8 Å². The van der Waals surface area contributed by atoms with Crippen molar-refractivity contribution in [3.8, 4) is 11.8 Å². The first-order valence-electron chi connectivity index (χ1n) is 6.84. The summed E-state index contributed by atoms with van der Waals surface area (Å²) in [6.07, 6.45) is 1.57. The highest BCUT2D eigenvalue weighted by atomic mass is 15.5. The maximum absolute atomic E-state index is 9.12. The monoisotopic (exact) mass is 290 g/mol. The van der Waals surface area contributed by atoms with E-state index < -0.39 is 0 Å². The quantitative estimate of drug-likeness (QED) is 0.798. The van der Waals surface area contributed by atoms with Gasteiger partial charge in [0.15, 0.2) is 0 Å². The average molecular weight is 290 g/mol. The summed E-state index contributed by atoms with van der Waals surface area (Å²) >= 11 is 0. The Kier molecular flexibility index (Phi) is 3.79. The molecular formula is C16H14N6. The molecule has 0 saturated heterocycles. The van der Waals surface area contributed by atoms with Crippen LogP contribution in [0.3, 0.4) is 0 Å². The molecule has 0 radical (unpaired) electrons. The minimum Gasteiger partial charge on any atom is -0.381 e. The Morgan fingerprint density at radius 1 is 1.23 bits per heavy atom. The van der Waals surface area contributed by atoms with Gasteiger partial charge in [0.05, 0.1) is 17.3 Å².